The maximum atomic E-state index is 13.2. The largest absolute Gasteiger partial charge is 0.388 e. The summed E-state index contributed by atoms with van der Waals surface area (Å²) in [6.45, 7) is 4.18. The Morgan fingerprint density at radius 3 is 3.00 bits per heavy atom. The van der Waals surface area contributed by atoms with Crippen molar-refractivity contribution >= 4 is 16.8 Å². The van der Waals surface area contributed by atoms with Gasteiger partial charge in [-0.25, -0.2) is 4.39 Å². The number of likely N-dealkylation sites (tertiary alicyclic amines) is 1. The molecule has 2 N–H and O–H groups in total. The van der Waals surface area contributed by atoms with Crippen molar-refractivity contribution in [2.45, 2.75) is 44.8 Å². The van der Waals surface area contributed by atoms with Crippen molar-refractivity contribution in [3.8, 4) is 0 Å². The summed E-state index contributed by atoms with van der Waals surface area (Å²) >= 11 is 0. The lowest BCUT2D eigenvalue weighted by molar-refractivity contribution is -0.135. The molecule has 118 valence electrons. The number of rotatable bonds is 3. The number of nitrogens with one attached hydrogen (secondary N) is 1. The predicted molar refractivity (Wildman–Crippen MR) is 83.0 cm³/mol. The fraction of sp³-hybridized carbons (Fsp3) is 0.471. The van der Waals surface area contributed by atoms with Crippen molar-refractivity contribution in [2.24, 2.45) is 0 Å². The van der Waals surface area contributed by atoms with Crippen LogP contribution in [0, 0.1) is 5.82 Å². The first kappa shape index (κ1) is 15.0. The van der Waals surface area contributed by atoms with Gasteiger partial charge in [-0.05, 0) is 50.5 Å². The number of hydrogen-bond acceptors (Lipinski definition) is 2. The first-order valence-corrected chi connectivity index (χ1v) is 7.63. The molecule has 1 fully saturated rings. The molecule has 2 heterocycles. The number of fused-ring (bicyclic) bond motifs is 1. The van der Waals surface area contributed by atoms with E-state index in [-0.39, 0.29) is 24.2 Å². The van der Waals surface area contributed by atoms with Crippen LogP contribution in [0.4, 0.5) is 4.39 Å². The lowest BCUT2D eigenvalue weighted by atomic mass is 9.96. The summed E-state index contributed by atoms with van der Waals surface area (Å²) in [5.74, 6) is -0.288. The maximum absolute atomic E-state index is 13.2. The molecule has 5 heteroatoms. The second kappa shape index (κ2) is 5.39. The molecule has 0 bridgehead atoms. The molecule has 0 saturated carbocycles. The van der Waals surface area contributed by atoms with E-state index in [1.807, 2.05) is 0 Å². The molecule has 1 atom stereocenters. The molecule has 1 saturated heterocycles. The number of carbonyl (C=O) groups excluding carboxylic acids is 1. The van der Waals surface area contributed by atoms with Gasteiger partial charge in [0, 0.05) is 23.6 Å². The van der Waals surface area contributed by atoms with Crippen LogP contribution in [0.3, 0.4) is 0 Å². The Kier molecular flexibility index (Phi) is 3.68. The lowest BCUT2D eigenvalue weighted by Crippen LogP contribution is -2.48. The van der Waals surface area contributed by atoms with Crippen LogP contribution in [0.15, 0.2) is 24.4 Å². The van der Waals surface area contributed by atoms with Crippen LogP contribution in [0.1, 0.15) is 32.3 Å². The average molecular weight is 304 g/mol. The second-order valence-electron chi connectivity index (χ2n) is 6.58. The second-order valence-corrected chi connectivity index (χ2v) is 6.58. The SMILES string of the molecule is CC(C)(O)C1CCCN1C(=O)Cc1c[nH]c2cc(F)ccc12. The zero-order chi connectivity index (χ0) is 15.9. The number of hydrogen-bond donors (Lipinski definition) is 2. The Labute approximate surface area is 128 Å². The fourth-order valence-electron chi connectivity index (χ4n) is 3.37. The molecule has 0 radical (unpaired) electrons. The van der Waals surface area contributed by atoms with Gasteiger partial charge in [-0.3, -0.25) is 4.79 Å². The van der Waals surface area contributed by atoms with Gasteiger partial charge in [-0.1, -0.05) is 0 Å². The highest BCUT2D eigenvalue weighted by molar-refractivity contribution is 5.89. The molecule has 4 nitrogen and oxygen atoms in total. The lowest BCUT2D eigenvalue weighted by Gasteiger charge is -2.33. The highest BCUT2D eigenvalue weighted by Gasteiger charge is 2.38. The predicted octanol–water partition coefficient (Wildman–Crippen LogP) is 2.61. The molecule has 0 aliphatic carbocycles. The number of aliphatic hydroxyl groups is 1. The van der Waals surface area contributed by atoms with E-state index in [1.165, 1.54) is 12.1 Å². The average Bonchev–Trinajstić information content (AvgIpc) is 3.05. The molecule has 1 unspecified atom stereocenters. The van der Waals surface area contributed by atoms with E-state index < -0.39 is 5.60 Å². The molecule has 1 aromatic heterocycles. The van der Waals surface area contributed by atoms with E-state index in [9.17, 15) is 14.3 Å². The van der Waals surface area contributed by atoms with Crippen molar-refractivity contribution in [2.75, 3.05) is 6.54 Å². The molecule has 1 amide bonds. The highest BCUT2D eigenvalue weighted by atomic mass is 19.1. The quantitative estimate of drug-likeness (QED) is 0.916. The fourth-order valence-corrected chi connectivity index (χ4v) is 3.37. The van der Waals surface area contributed by atoms with Crippen molar-refractivity contribution in [3.05, 3.63) is 35.8 Å². The monoisotopic (exact) mass is 304 g/mol. The van der Waals surface area contributed by atoms with Crippen LogP contribution in [-0.2, 0) is 11.2 Å². The van der Waals surface area contributed by atoms with Gasteiger partial charge in [0.15, 0.2) is 0 Å². The summed E-state index contributed by atoms with van der Waals surface area (Å²) < 4.78 is 13.2. The van der Waals surface area contributed by atoms with Gasteiger partial charge in [0.2, 0.25) is 5.91 Å². The summed E-state index contributed by atoms with van der Waals surface area (Å²) in [5.41, 5.74) is 0.667. The van der Waals surface area contributed by atoms with Gasteiger partial charge in [-0.2, -0.15) is 0 Å². The number of halogens is 1. The van der Waals surface area contributed by atoms with E-state index in [4.69, 9.17) is 0 Å². The molecular formula is C17H21FN2O2. The van der Waals surface area contributed by atoms with Crippen LogP contribution in [-0.4, -0.2) is 39.1 Å². The Hall–Kier alpha value is -1.88. The first-order valence-electron chi connectivity index (χ1n) is 7.63. The van der Waals surface area contributed by atoms with Gasteiger partial charge >= 0.3 is 0 Å². The molecule has 0 spiro atoms. The number of amides is 1. The summed E-state index contributed by atoms with van der Waals surface area (Å²) in [6.07, 6.45) is 3.77. The van der Waals surface area contributed by atoms with E-state index in [0.29, 0.717) is 12.1 Å². The van der Waals surface area contributed by atoms with E-state index in [2.05, 4.69) is 4.98 Å². The smallest absolute Gasteiger partial charge is 0.227 e. The number of aromatic amines is 1. The molecule has 22 heavy (non-hydrogen) atoms. The van der Waals surface area contributed by atoms with Crippen LogP contribution in [0.2, 0.25) is 0 Å². The third kappa shape index (κ3) is 2.73. The highest BCUT2D eigenvalue weighted by Crippen LogP contribution is 2.28. The topological polar surface area (TPSA) is 56.3 Å². The van der Waals surface area contributed by atoms with Gasteiger partial charge in [0.1, 0.15) is 5.82 Å². The van der Waals surface area contributed by atoms with Crippen molar-refractivity contribution in [1.82, 2.24) is 9.88 Å². The molecule has 3 rings (SSSR count). The van der Waals surface area contributed by atoms with Crippen LogP contribution in [0.5, 0.6) is 0 Å². The number of H-pyrrole nitrogens is 1. The summed E-state index contributed by atoms with van der Waals surface area (Å²) in [4.78, 5) is 17.4. The first-order chi connectivity index (χ1) is 10.4. The van der Waals surface area contributed by atoms with E-state index in [0.717, 1.165) is 23.8 Å². The molecular weight excluding hydrogens is 283 g/mol. The number of nitrogens with zero attached hydrogens (tertiary/aromatic N) is 1. The number of carbonyl (C=O) groups is 1. The Morgan fingerprint density at radius 2 is 2.27 bits per heavy atom. The normalized spacial score (nSPS) is 19.1. The van der Waals surface area contributed by atoms with Gasteiger partial charge in [0.05, 0.1) is 18.1 Å². The summed E-state index contributed by atoms with van der Waals surface area (Å²) in [6, 6.07) is 4.39. The maximum Gasteiger partial charge on any atom is 0.227 e. The Bertz CT molecular complexity index is 702. The van der Waals surface area contributed by atoms with Gasteiger partial charge in [0.25, 0.3) is 0 Å². The van der Waals surface area contributed by atoms with Crippen molar-refractivity contribution < 1.29 is 14.3 Å². The minimum atomic E-state index is -0.893. The minimum Gasteiger partial charge on any atom is -0.388 e. The van der Waals surface area contributed by atoms with Gasteiger partial charge < -0.3 is 15.0 Å². The minimum absolute atomic E-state index is 0.00912. The molecule has 1 aromatic carbocycles. The van der Waals surface area contributed by atoms with Crippen LogP contribution >= 0.6 is 0 Å². The molecule has 2 aromatic rings. The van der Waals surface area contributed by atoms with E-state index in [1.54, 1.807) is 31.0 Å². The van der Waals surface area contributed by atoms with E-state index >= 15 is 0 Å². The standard InChI is InChI=1S/C17H21FN2O2/c1-17(2,22)15-4-3-7-20(15)16(21)8-11-10-19-14-9-12(18)5-6-13(11)14/h5-6,9-10,15,19,22H,3-4,7-8H2,1-2H3. The molecule has 1 aliphatic heterocycles. The van der Waals surface area contributed by atoms with Crippen molar-refractivity contribution in [3.63, 3.8) is 0 Å². The zero-order valence-corrected chi connectivity index (χ0v) is 12.9. The number of benzene rings is 1. The van der Waals surface area contributed by atoms with Gasteiger partial charge in [-0.15, -0.1) is 0 Å². The summed E-state index contributed by atoms with van der Waals surface area (Å²) in [7, 11) is 0. The van der Waals surface area contributed by atoms with Crippen molar-refractivity contribution in [1.29, 1.82) is 0 Å². The number of aromatic nitrogens is 1. The Balaban J connectivity index is 1.81. The molecule has 1 aliphatic rings. The van der Waals surface area contributed by atoms with Crippen LogP contribution in [0.25, 0.3) is 10.9 Å². The van der Waals surface area contributed by atoms with Crippen LogP contribution < -0.4 is 0 Å². The summed E-state index contributed by atoms with van der Waals surface area (Å²) in [5, 5.41) is 11.1. The third-order valence-corrected chi connectivity index (χ3v) is 4.46. The zero-order valence-electron chi connectivity index (χ0n) is 12.9. The third-order valence-electron chi connectivity index (χ3n) is 4.46. The Morgan fingerprint density at radius 1 is 1.50 bits per heavy atom.